The van der Waals surface area contributed by atoms with Crippen LogP contribution in [0.2, 0.25) is 0 Å². The first-order chi connectivity index (χ1) is 9.48. The third-order valence-corrected chi connectivity index (χ3v) is 5.86. The van der Waals surface area contributed by atoms with Crippen LogP contribution in [0.5, 0.6) is 0 Å². The van der Waals surface area contributed by atoms with Gasteiger partial charge in [-0.2, -0.15) is 0 Å². The van der Waals surface area contributed by atoms with Crippen molar-refractivity contribution in [3.05, 3.63) is 35.9 Å². The highest BCUT2D eigenvalue weighted by atomic mass is 16.5. The third-order valence-electron chi connectivity index (χ3n) is 5.86. The lowest BCUT2D eigenvalue weighted by Gasteiger charge is -2.47. The third kappa shape index (κ3) is 3.09. The molecule has 0 N–H and O–H groups in total. The van der Waals surface area contributed by atoms with E-state index in [2.05, 4.69) is 58.0 Å². The summed E-state index contributed by atoms with van der Waals surface area (Å²) in [5, 5.41) is 0. The van der Waals surface area contributed by atoms with Crippen LogP contribution in [0.25, 0.3) is 0 Å². The molecule has 1 aliphatic carbocycles. The molecule has 1 aliphatic rings. The molecule has 0 spiro atoms. The summed E-state index contributed by atoms with van der Waals surface area (Å²) in [7, 11) is 0. The molecule has 1 saturated carbocycles. The summed E-state index contributed by atoms with van der Waals surface area (Å²) in [6.45, 7) is 11.3. The largest absolute Gasteiger partial charge is 0.376 e. The molecule has 0 atom stereocenters. The van der Waals surface area contributed by atoms with Crippen LogP contribution in [0.4, 0.5) is 0 Å². The Morgan fingerprint density at radius 1 is 1.10 bits per heavy atom. The van der Waals surface area contributed by atoms with E-state index in [-0.39, 0.29) is 0 Å². The van der Waals surface area contributed by atoms with Gasteiger partial charge < -0.3 is 4.74 Å². The van der Waals surface area contributed by atoms with Gasteiger partial charge in [0.1, 0.15) is 0 Å². The molecule has 0 bridgehead atoms. The van der Waals surface area contributed by atoms with E-state index in [0.29, 0.717) is 16.7 Å². The molecular formula is C19H30O. The number of ether oxygens (including phenoxy) is 1. The SMILES string of the molecule is CC(C)C(C)(C)C1(COCc2ccccc2)CCCC1. The van der Waals surface area contributed by atoms with Crippen molar-refractivity contribution >= 4 is 0 Å². The molecule has 0 unspecified atom stereocenters. The van der Waals surface area contributed by atoms with Gasteiger partial charge >= 0.3 is 0 Å². The standard InChI is InChI=1S/C19H30O/c1-16(2)18(3,4)19(12-8-9-13-19)15-20-14-17-10-6-5-7-11-17/h5-7,10-11,16H,8-9,12-15H2,1-4H3. The molecule has 1 nitrogen and oxygen atoms in total. The van der Waals surface area contributed by atoms with Gasteiger partial charge in [0.05, 0.1) is 13.2 Å². The van der Waals surface area contributed by atoms with E-state index in [1.54, 1.807) is 0 Å². The Bertz CT molecular complexity index is 399. The lowest BCUT2D eigenvalue weighted by Crippen LogP contribution is -2.43. The van der Waals surface area contributed by atoms with Crippen molar-refractivity contribution in [2.24, 2.45) is 16.7 Å². The van der Waals surface area contributed by atoms with Gasteiger partial charge in [-0.3, -0.25) is 0 Å². The smallest absolute Gasteiger partial charge is 0.0717 e. The van der Waals surface area contributed by atoms with Crippen LogP contribution < -0.4 is 0 Å². The summed E-state index contributed by atoms with van der Waals surface area (Å²) in [6, 6.07) is 10.5. The Kier molecular flexibility index (Phi) is 4.90. The summed E-state index contributed by atoms with van der Waals surface area (Å²) < 4.78 is 6.14. The molecule has 2 rings (SSSR count). The zero-order valence-electron chi connectivity index (χ0n) is 13.6. The molecule has 0 amide bonds. The molecular weight excluding hydrogens is 244 g/mol. The number of hydrogen-bond acceptors (Lipinski definition) is 1. The van der Waals surface area contributed by atoms with Crippen LogP contribution in [0.15, 0.2) is 30.3 Å². The first-order valence-corrected chi connectivity index (χ1v) is 8.10. The molecule has 0 saturated heterocycles. The Morgan fingerprint density at radius 2 is 1.70 bits per heavy atom. The van der Waals surface area contributed by atoms with E-state index in [1.165, 1.54) is 31.2 Å². The number of hydrogen-bond donors (Lipinski definition) is 0. The van der Waals surface area contributed by atoms with Crippen molar-refractivity contribution in [1.29, 1.82) is 0 Å². The Labute approximate surface area is 124 Å². The summed E-state index contributed by atoms with van der Waals surface area (Å²) in [5.74, 6) is 0.695. The van der Waals surface area contributed by atoms with E-state index >= 15 is 0 Å². The first-order valence-electron chi connectivity index (χ1n) is 8.10. The fraction of sp³-hybridized carbons (Fsp3) is 0.684. The summed E-state index contributed by atoms with van der Waals surface area (Å²) >= 11 is 0. The fourth-order valence-corrected chi connectivity index (χ4v) is 3.58. The molecule has 1 fully saturated rings. The topological polar surface area (TPSA) is 9.23 Å². The minimum absolute atomic E-state index is 0.347. The van der Waals surface area contributed by atoms with Crippen molar-refractivity contribution in [3.63, 3.8) is 0 Å². The van der Waals surface area contributed by atoms with Crippen molar-refractivity contribution in [2.75, 3.05) is 6.61 Å². The highest BCUT2D eigenvalue weighted by Crippen LogP contribution is 2.54. The van der Waals surface area contributed by atoms with Gasteiger partial charge in [-0.15, -0.1) is 0 Å². The molecule has 0 heterocycles. The van der Waals surface area contributed by atoms with Crippen LogP contribution in [-0.2, 0) is 11.3 Å². The second-order valence-electron chi connectivity index (χ2n) is 7.34. The van der Waals surface area contributed by atoms with Crippen molar-refractivity contribution in [2.45, 2.75) is 60.0 Å². The maximum atomic E-state index is 6.14. The van der Waals surface area contributed by atoms with Gasteiger partial charge in [0.15, 0.2) is 0 Å². The van der Waals surface area contributed by atoms with E-state index in [1.807, 2.05) is 0 Å². The van der Waals surface area contributed by atoms with Crippen molar-refractivity contribution < 1.29 is 4.74 Å². The fourth-order valence-electron chi connectivity index (χ4n) is 3.58. The van der Waals surface area contributed by atoms with Gasteiger partial charge in [0.2, 0.25) is 0 Å². The first kappa shape index (κ1) is 15.6. The van der Waals surface area contributed by atoms with E-state index in [4.69, 9.17) is 4.74 Å². The number of rotatable bonds is 6. The lowest BCUT2D eigenvalue weighted by atomic mass is 9.59. The average molecular weight is 274 g/mol. The van der Waals surface area contributed by atoms with Crippen LogP contribution in [0.1, 0.15) is 58.9 Å². The maximum absolute atomic E-state index is 6.14. The van der Waals surface area contributed by atoms with Crippen LogP contribution in [-0.4, -0.2) is 6.61 Å². The van der Waals surface area contributed by atoms with E-state index in [0.717, 1.165) is 13.2 Å². The molecule has 0 aromatic heterocycles. The highest BCUT2D eigenvalue weighted by Gasteiger charge is 2.48. The number of benzene rings is 1. The monoisotopic (exact) mass is 274 g/mol. The zero-order valence-corrected chi connectivity index (χ0v) is 13.6. The second kappa shape index (κ2) is 6.30. The minimum Gasteiger partial charge on any atom is -0.376 e. The predicted octanol–water partition coefficient (Wildman–Crippen LogP) is 5.45. The molecule has 1 aromatic carbocycles. The lowest BCUT2D eigenvalue weighted by molar-refractivity contribution is -0.0577. The van der Waals surface area contributed by atoms with Gasteiger partial charge in [0.25, 0.3) is 0 Å². The molecule has 0 aliphatic heterocycles. The second-order valence-corrected chi connectivity index (χ2v) is 7.34. The molecule has 20 heavy (non-hydrogen) atoms. The van der Waals surface area contributed by atoms with Gasteiger partial charge in [-0.25, -0.2) is 0 Å². The van der Waals surface area contributed by atoms with E-state index < -0.39 is 0 Å². The van der Waals surface area contributed by atoms with E-state index in [9.17, 15) is 0 Å². The van der Waals surface area contributed by atoms with Crippen molar-refractivity contribution in [1.82, 2.24) is 0 Å². The molecule has 112 valence electrons. The summed E-state index contributed by atoms with van der Waals surface area (Å²) in [4.78, 5) is 0. The predicted molar refractivity (Wildman–Crippen MR) is 85.6 cm³/mol. The molecule has 0 radical (unpaired) electrons. The Balaban J connectivity index is 2.00. The van der Waals surface area contributed by atoms with Gasteiger partial charge in [-0.05, 0) is 35.2 Å². The summed E-state index contributed by atoms with van der Waals surface area (Å²) in [5.41, 5.74) is 2.00. The Morgan fingerprint density at radius 3 is 2.25 bits per heavy atom. The maximum Gasteiger partial charge on any atom is 0.0717 e. The van der Waals surface area contributed by atoms with Crippen LogP contribution in [0.3, 0.4) is 0 Å². The minimum atomic E-state index is 0.347. The molecule has 1 heteroatoms. The quantitative estimate of drug-likeness (QED) is 0.670. The van der Waals surface area contributed by atoms with Crippen LogP contribution >= 0.6 is 0 Å². The van der Waals surface area contributed by atoms with Gasteiger partial charge in [0, 0.05) is 0 Å². The highest BCUT2D eigenvalue weighted by molar-refractivity contribution is 5.13. The van der Waals surface area contributed by atoms with Gasteiger partial charge in [-0.1, -0.05) is 70.9 Å². The van der Waals surface area contributed by atoms with Crippen molar-refractivity contribution in [3.8, 4) is 0 Å². The summed E-state index contributed by atoms with van der Waals surface area (Å²) in [6.07, 6.45) is 5.38. The normalized spacial score (nSPS) is 18.6. The average Bonchev–Trinajstić information content (AvgIpc) is 2.90. The molecule has 1 aromatic rings. The zero-order chi connectivity index (χ0) is 14.6. The Hall–Kier alpha value is -0.820. The van der Waals surface area contributed by atoms with Crippen LogP contribution in [0, 0.1) is 16.7 Å².